The fourth-order valence-corrected chi connectivity index (χ4v) is 2.87. The largest absolute Gasteiger partial charge is 0.323 e. The molecule has 2 aromatic heterocycles. The van der Waals surface area contributed by atoms with E-state index >= 15 is 0 Å². The Bertz CT molecular complexity index is 514. The highest BCUT2D eigenvalue weighted by molar-refractivity contribution is 7.14. The summed E-state index contributed by atoms with van der Waals surface area (Å²) in [5.41, 5.74) is 1.26. The van der Waals surface area contributed by atoms with E-state index in [0.29, 0.717) is 6.04 Å². The van der Waals surface area contributed by atoms with E-state index in [4.69, 9.17) is 0 Å². The molecule has 0 aromatic carbocycles. The van der Waals surface area contributed by atoms with Crippen LogP contribution in [0.1, 0.15) is 23.5 Å². The van der Waals surface area contributed by atoms with E-state index in [2.05, 4.69) is 33.7 Å². The lowest BCUT2D eigenvalue weighted by molar-refractivity contribution is 0.451. The van der Waals surface area contributed by atoms with Crippen molar-refractivity contribution in [2.24, 2.45) is 0 Å². The number of hydrogen-bond acceptors (Lipinski definition) is 4. The number of imidazole rings is 1. The number of nitrogens with zero attached hydrogens (tertiary/aromatic N) is 3. The zero-order valence-electron chi connectivity index (χ0n) is 9.40. The topological polar surface area (TPSA) is 42.7 Å². The van der Waals surface area contributed by atoms with Crippen molar-refractivity contribution in [2.75, 3.05) is 6.54 Å². The van der Waals surface area contributed by atoms with E-state index < -0.39 is 0 Å². The first-order valence-electron chi connectivity index (χ1n) is 5.47. The van der Waals surface area contributed by atoms with Crippen molar-refractivity contribution in [1.29, 1.82) is 0 Å². The van der Waals surface area contributed by atoms with Crippen LogP contribution in [0.25, 0.3) is 10.8 Å². The number of hydrogen-bond donors (Lipinski definition) is 1. The number of thiazole rings is 1. The van der Waals surface area contributed by atoms with Crippen molar-refractivity contribution >= 4 is 11.3 Å². The molecule has 16 heavy (non-hydrogen) atoms. The molecule has 0 fully saturated rings. The van der Waals surface area contributed by atoms with E-state index in [-0.39, 0.29) is 0 Å². The molecule has 1 aliphatic rings. The van der Waals surface area contributed by atoms with Gasteiger partial charge in [-0.2, -0.15) is 0 Å². The highest BCUT2D eigenvalue weighted by Gasteiger charge is 2.21. The molecule has 0 amide bonds. The maximum absolute atomic E-state index is 4.50. The van der Waals surface area contributed by atoms with Gasteiger partial charge in [0, 0.05) is 30.2 Å². The van der Waals surface area contributed by atoms with E-state index in [9.17, 15) is 0 Å². The summed E-state index contributed by atoms with van der Waals surface area (Å²) in [4.78, 5) is 10.1. The number of aromatic nitrogens is 3. The van der Waals surface area contributed by atoms with Gasteiger partial charge in [-0.3, -0.25) is 0 Å². The third kappa shape index (κ3) is 1.47. The summed E-state index contributed by atoms with van der Waals surface area (Å²) in [5.74, 6) is 1.02. The Morgan fingerprint density at radius 1 is 1.44 bits per heavy atom. The number of rotatable bonds is 1. The van der Waals surface area contributed by atoms with Crippen molar-refractivity contribution in [1.82, 2.24) is 19.9 Å². The molecule has 0 radical (unpaired) electrons. The molecule has 2 aromatic rings. The summed E-state index contributed by atoms with van der Waals surface area (Å²) in [6, 6.07) is 0.385. The van der Waals surface area contributed by atoms with Gasteiger partial charge in [-0.15, -0.1) is 11.3 Å². The molecule has 0 aliphatic carbocycles. The van der Waals surface area contributed by atoms with Gasteiger partial charge in [-0.25, -0.2) is 9.97 Å². The van der Waals surface area contributed by atoms with Crippen LogP contribution in [-0.2, 0) is 6.54 Å². The molecule has 1 unspecified atom stereocenters. The lowest BCUT2D eigenvalue weighted by atomic mass is 10.2. The average Bonchev–Trinajstić information content (AvgIpc) is 2.84. The van der Waals surface area contributed by atoms with Crippen LogP contribution in [0.3, 0.4) is 0 Å². The van der Waals surface area contributed by atoms with Crippen LogP contribution in [0.5, 0.6) is 0 Å². The normalized spacial score (nSPS) is 19.8. The Hall–Kier alpha value is -1.20. The van der Waals surface area contributed by atoms with Crippen LogP contribution in [-0.4, -0.2) is 21.1 Å². The van der Waals surface area contributed by atoms with Gasteiger partial charge in [0.1, 0.15) is 0 Å². The Morgan fingerprint density at radius 2 is 2.31 bits per heavy atom. The first-order chi connectivity index (χ1) is 7.75. The summed E-state index contributed by atoms with van der Waals surface area (Å²) in [7, 11) is 0. The van der Waals surface area contributed by atoms with Gasteiger partial charge < -0.3 is 9.88 Å². The number of nitrogens with one attached hydrogen (secondary N) is 1. The lowest BCUT2D eigenvalue weighted by Crippen LogP contribution is -2.31. The van der Waals surface area contributed by atoms with Crippen LogP contribution in [0, 0.1) is 6.92 Å². The van der Waals surface area contributed by atoms with Crippen LogP contribution in [0.4, 0.5) is 0 Å². The fourth-order valence-electron chi connectivity index (χ4n) is 2.10. The maximum Gasteiger partial charge on any atom is 0.169 e. The molecule has 0 spiro atoms. The summed E-state index contributed by atoms with van der Waals surface area (Å²) in [5, 5.41) is 4.46. The third-order valence-corrected chi connectivity index (χ3v) is 3.84. The minimum atomic E-state index is 0.385. The van der Waals surface area contributed by atoms with Gasteiger partial charge >= 0.3 is 0 Å². The molecule has 1 N–H and O–H groups in total. The summed E-state index contributed by atoms with van der Waals surface area (Å²) in [6.07, 6.45) is 3.87. The summed E-state index contributed by atoms with van der Waals surface area (Å²) in [6.45, 7) is 6.23. The second-order valence-corrected chi connectivity index (χ2v) is 5.34. The molecule has 3 rings (SSSR count). The molecule has 0 bridgehead atoms. The predicted molar refractivity (Wildman–Crippen MR) is 64.5 cm³/mol. The van der Waals surface area contributed by atoms with Crippen molar-refractivity contribution in [3.63, 3.8) is 0 Å². The third-order valence-electron chi connectivity index (χ3n) is 2.93. The van der Waals surface area contributed by atoms with Crippen LogP contribution < -0.4 is 5.32 Å². The first kappa shape index (κ1) is 9.99. The molecular weight excluding hydrogens is 220 g/mol. The summed E-state index contributed by atoms with van der Waals surface area (Å²) < 4.78 is 2.28. The molecule has 0 saturated heterocycles. The van der Waals surface area contributed by atoms with E-state index in [1.807, 2.05) is 12.4 Å². The zero-order valence-corrected chi connectivity index (χ0v) is 10.2. The molecule has 1 atom stereocenters. The molecule has 3 heterocycles. The molecule has 5 heteroatoms. The maximum atomic E-state index is 4.50. The standard InChI is InChI=1S/C11H14N4S/c1-7-5-14-11(16-7)10-13-6-9-8(2)12-3-4-15(9)10/h5-6,8,12H,3-4H2,1-2H3. The quantitative estimate of drug-likeness (QED) is 0.820. The SMILES string of the molecule is Cc1cnc(-c2ncc3n2CCNC3C)s1. The highest BCUT2D eigenvalue weighted by atomic mass is 32.1. The monoisotopic (exact) mass is 234 g/mol. The van der Waals surface area contributed by atoms with Gasteiger partial charge in [0.15, 0.2) is 10.8 Å². The Kier molecular flexibility index (Phi) is 2.29. The lowest BCUT2D eigenvalue weighted by Gasteiger charge is -2.23. The van der Waals surface area contributed by atoms with Gasteiger partial charge in [0.2, 0.25) is 0 Å². The minimum absolute atomic E-state index is 0.385. The van der Waals surface area contributed by atoms with E-state index in [1.165, 1.54) is 10.6 Å². The number of aryl methyl sites for hydroxylation is 1. The average molecular weight is 234 g/mol. The molecule has 4 nitrogen and oxygen atoms in total. The van der Waals surface area contributed by atoms with Crippen LogP contribution in [0.15, 0.2) is 12.4 Å². The Balaban J connectivity index is 2.09. The minimum Gasteiger partial charge on any atom is -0.323 e. The second-order valence-electron chi connectivity index (χ2n) is 4.11. The predicted octanol–water partition coefficient (Wildman–Crippen LogP) is 1.98. The Labute approximate surface area is 98.4 Å². The van der Waals surface area contributed by atoms with Gasteiger partial charge in [0.05, 0.1) is 11.9 Å². The zero-order chi connectivity index (χ0) is 11.1. The molecule has 84 valence electrons. The summed E-state index contributed by atoms with van der Waals surface area (Å²) >= 11 is 1.70. The highest BCUT2D eigenvalue weighted by Crippen LogP contribution is 2.27. The van der Waals surface area contributed by atoms with Gasteiger partial charge in [-0.05, 0) is 13.8 Å². The van der Waals surface area contributed by atoms with Crippen LogP contribution >= 0.6 is 11.3 Å². The molecule has 0 saturated carbocycles. The van der Waals surface area contributed by atoms with Gasteiger partial charge in [-0.1, -0.05) is 0 Å². The molecular formula is C11H14N4S. The smallest absolute Gasteiger partial charge is 0.169 e. The number of fused-ring (bicyclic) bond motifs is 1. The molecule has 1 aliphatic heterocycles. The fraction of sp³-hybridized carbons (Fsp3) is 0.455. The van der Waals surface area contributed by atoms with E-state index in [0.717, 1.165) is 23.9 Å². The van der Waals surface area contributed by atoms with Crippen LogP contribution in [0.2, 0.25) is 0 Å². The van der Waals surface area contributed by atoms with E-state index in [1.54, 1.807) is 11.3 Å². The van der Waals surface area contributed by atoms with Crippen molar-refractivity contribution in [3.05, 3.63) is 23.0 Å². The first-order valence-corrected chi connectivity index (χ1v) is 6.29. The second kappa shape index (κ2) is 3.68. The van der Waals surface area contributed by atoms with Gasteiger partial charge in [0.25, 0.3) is 0 Å². The van der Waals surface area contributed by atoms with Crippen molar-refractivity contribution in [3.8, 4) is 10.8 Å². The Morgan fingerprint density at radius 3 is 3.06 bits per heavy atom. The van der Waals surface area contributed by atoms with Crippen molar-refractivity contribution < 1.29 is 0 Å². The van der Waals surface area contributed by atoms with Crippen molar-refractivity contribution in [2.45, 2.75) is 26.4 Å².